The highest BCUT2D eigenvalue weighted by Crippen LogP contribution is 2.20. The van der Waals surface area contributed by atoms with Gasteiger partial charge in [-0.2, -0.15) is 0 Å². The summed E-state index contributed by atoms with van der Waals surface area (Å²) in [5.74, 6) is 0. The Kier molecular flexibility index (Phi) is 5.47. The Bertz CT molecular complexity index is 373. The summed E-state index contributed by atoms with van der Waals surface area (Å²) in [7, 11) is 0. The minimum absolute atomic E-state index is 0.458. The van der Waals surface area contributed by atoms with Gasteiger partial charge in [0.1, 0.15) is 10.3 Å². The van der Waals surface area contributed by atoms with E-state index >= 15 is 0 Å². The molecule has 1 saturated carbocycles. The molecule has 0 aliphatic heterocycles. The lowest BCUT2D eigenvalue weighted by Crippen LogP contribution is -2.15. The number of rotatable bonds is 3. The zero-order chi connectivity index (χ0) is 12.8. The van der Waals surface area contributed by atoms with Crippen LogP contribution in [0.4, 0.5) is 4.79 Å². The first kappa shape index (κ1) is 14.0. The van der Waals surface area contributed by atoms with Crippen molar-refractivity contribution in [2.24, 2.45) is 0 Å². The average Bonchev–Trinajstić information content (AvgIpc) is 2.95. The van der Waals surface area contributed by atoms with Crippen molar-refractivity contribution in [3.63, 3.8) is 0 Å². The van der Waals surface area contributed by atoms with Crippen molar-refractivity contribution in [2.75, 3.05) is 0 Å². The summed E-state index contributed by atoms with van der Waals surface area (Å²) < 4.78 is 0. The van der Waals surface area contributed by atoms with Gasteiger partial charge in [0.15, 0.2) is 0 Å². The maximum Gasteiger partial charge on any atom is 0.503 e. The van der Waals surface area contributed by atoms with E-state index in [-0.39, 0.29) is 0 Å². The van der Waals surface area contributed by atoms with E-state index in [1.165, 1.54) is 12.8 Å². The van der Waals surface area contributed by atoms with E-state index < -0.39 is 6.16 Å². The Morgan fingerprint density at radius 1 is 1.35 bits per heavy atom. The number of hydrogen-bond acceptors (Lipinski definition) is 3. The van der Waals surface area contributed by atoms with Crippen LogP contribution in [0, 0.1) is 0 Å². The van der Waals surface area contributed by atoms with E-state index in [9.17, 15) is 0 Å². The van der Waals surface area contributed by atoms with E-state index in [0.29, 0.717) is 16.3 Å². The number of hydrogen-bond donors (Lipinski definition) is 3. The van der Waals surface area contributed by atoms with Crippen molar-refractivity contribution in [3.8, 4) is 0 Å². The fourth-order valence-corrected chi connectivity index (χ4v) is 1.67. The standard InChI is InChI=1S/C9H10Cl2N2.CH2O3/c10-8-3-6(4-9(11)13-8)5-12-7-1-2-7;2-1(3)4/h3-4,7,12H,1-2,5H2;(H2,2,3,4). The number of nitrogens with zero attached hydrogens (tertiary/aromatic N) is 1. The lowest BCUT2D eigenvalue weighted by atomic mass is 10.3. The smallest absolute Gasteiger partial charge is 0.450 e. The van der Waals surface area contributed by atoms with Crippen molar-refractivity contribution in [1.82, 2.24) is 10.3 Å². The number of carboxylic acid groups (broad SMARTS) is 2. The third-order valence-electron chi connectivity index (χ3n) is 1.99. The molecule has 1 aliphatic rings. The van der Waals surface area contributed by atoms with E-state index in [4.69, 9.17) is 38.2 Å². The van der Waals surface area contributed by atoms with Crippen LogP contribution in [0.25, 0.3) is 0 Å². The second kappa shape index (κ2) is 6.64. The molecule has 7 heteroatoms. The number of carbonyl (C=O) groups is 1. The van der Waals surface area contributed by atoms with Gasteiger partial charge in [0.2, 0.25) is 0 Å². The van der Waals surface area contributed by atoms with Crippen molar-refractivity contribution in [1.29, 1.82) is 0 Å². The minimum Gasteiger partial charge on any atom is -0.450 e. The molecule has 0 bridgehead atoms. The second-order valence-electron chi connectivity index (χ2n) is 3.56. The van der Waals surface area contributed by atoms with Crippen LogP contribution in [0.5, 0.6) is 0 Å². The van der Waals surface area contributed by atoms with Gasteiger partial charge in [-0.05, 0) is 30.5 Å². The summed E-state index contributed by atoms with van der Waals surface area (Å²) in [5, 5.41) is 18.2. The molecule has 0 saturated heterocycles. The maximum absolute atomic E-state index is 8.56. The summed E-state index contributed by atoms with van der Waals surface area (Å²) in [6.45, 7) is 0.826. The summed E-state index contributed by atoms with van der Waals surface area (Å²) in [4.78, 5) is 12.4. The van der Waals surface area contributed by atoms with Gasteiger partial charge in [-0.3, -0.25) is 0 Å². The van der Waals surface area contributed by atoms with Gasteiger partial charge in [0, 0.05) is 12.6 Å². The molecule has 17 heavy (non-hydrogen) atoms. The van der Waals surface area contributed by atoms with Crippen molar-refractivity contribution >= 4 is 29.4 Å². The first-order valence-corrected chi connectivity index (χ1v) is 5.70. The Morgan fingerprint density at radius 3 is 2.24 bits per heavy atom. The number of nitrogens with one attached hydrogen (secondary N) is 1. The van der Waals surface area contributed by atoms with Gasteiger partial charge in [0.05, 0.1) is 0 Å². The molecular formula is C10H12Cl2N2O3. The predicted molar refractivity (Wildman–Crippen MR) is 64.8 cm³/mol. The van der Waals surface area contributed by atoms with Gasteiger partial charge < -0.3 is 15.5 Å². The van der Waals surface area contributed by atoms with Crippen molar-refractivity contribution < 1.29 is 15.0 Å². The molecule has 0 radical (unpaired) electrons. The predicted octanol–water partition coefficient (Wildman–Crippen LogP) is 2.86. The Balaban J connectivity index is 0.000000317. The highest BCUT2D eigenvalue weighted by Gasteiger charge is 2.19. The van der Waals surface area contributed by atoms with Gasteiger partial charge in [0.25, 0.3) is 0 Å². The highest BCUT2D eigenvalue weighted by atomic mass is 35.5. The van der Waals surface area contributed by atoms with E-state index in [0.717, 1.165) is 12.1 Å². The lowest BCUT2D eigenvalue weighted by molar-refractivity contribution is 0.137. The summed E-state index contributed by atoms with van der Waals surface area (Å²) in [5.41, 5.74) is 1.09. The van der Waals surface area contributed by atoms with Crippen LogP contribution in [0.2, 0.25) is 10.3 Å². The summed E-state index contributed by atoms with van der Waals surface area (Å²) >= 11 is 11.5. The first-order valence-electron chi connectivity index (χ1n) is 4.94. The molecule has 94 valence electrons. The zero-order valence-electron chi connectivity index (χ0n) is 8.86. The Labute approximate surface area is 108 Å². The second-order valence-corrected chi connectivity index (χ2v) is 4.33. The molecule has 0 spiro atoms. The Morgan fingerprint density at radius 2 is 1.82 bits per heavy atom. The third kappa shape index (κ3) is 6.99. The lowest BCUT2D eigenvalue weighted by Gasteiger charge is -2.03. The first-order chi connectivity index (χ1) is 7.97. The molecule has 1 aromatic heterocycles. The third-order valence-corrected chi connectivity index (χ3v) is 2.38. The zero-order valence-corrected chi connectivity index (χ0v) is 10.4. The molecule has 0 atom stereocenters. The molecule has 2 rings (SSSR count). The van der Waals surface area contributed by atoms with Gasteiger partial charge in [-0.1, -0.05) is 23.2 Å². The quantitative estimate of drug-likeness (QED) is 0.741. The van der Waals surface area contributed by atoms with Crippen LogP contribution < -0.4 is 5.32 Å². The van der Waals surface area contributed by atoms with Crippen LogP contribution in [0.1, 0.15) is 18.4 Å². The molecule has 1 aromatic rings. The number of pyridine rings is 1. The molecule has 0 unspecified atom stereocenters. The van der Waals surface area contributed by atoms with Gasteiger partial charge in [-0.15, -0.1) is 0 Å². The van der Waals surface area contributed by atoms with Crippen LogP contribution in [0.3, 0.4) is 0 Å². The van der Waals surface area contributed by atoms with Crippen molar-refractivity contribution in [3.05, 3.63) is 28.0 Å². The molecule has 1 heterocycles. The fourth-order valence-electron chi connectivity index (χ4n) is 1.17. The number of aromatic nitrogens is 1. The average molecular weight is 279 g/mol. The monoisotopic (exact) mass is 278 g/mol. The van der Waals surface area contributed by atoms with Crippen LogP contribution >= 0.6 is 23.2 Å². The van der Waals surface area contributed by atoms with Crippen LogP contribution in [0.15, 0.2) is 12.1 Å². The Hall–Kier alpha value is -1.04. The molecule has 0 amide bonds. The van der Waals surface area contributed by atoms with E-state index in [1.807, 2.05) is 12.1 Å². The topological polar surface area (TPSA) is 82.5 Å². The number of halogens is 2. The minimum atomic E-state index is -1.83. The molecule has 3 N–H and O–H groups in total. The fraction of sp³-hybridized carbons (Fsp3) is 0.400. The SMILES string of the molecule is Clc1cc(CNC2CC2)cc(Cl)n1.O=C(O)O. The summed E-state index contributed by atoms with van der Waals surface area (Å²) in [6, 6.07) is 4.37. The maximum atomic E-state index is 8.56. The van der Waals surface area contributed by atoms with Crippen LogP contribution in [-0.2, 0) is 6.54 Å². The summed E-state index contributed by atoms with van der Waals surface area (Å²) in [6.07, 6.45) is 0.735. The molecular weight excluding hydrogens is 267 g/mol. The largest absolute Gasteiger partial charge is 0.503 e. The highest BCUT2D eigenvalue weighted by molar-refractivity contribution is 6.32. The van der Waals surface area contributed by atoms with Gasteiger partial charge >= 0.3 is 6.16 Å². The van der Waals surface area contributed by atoms with Crippen molar-refractivity contribution in [2.45, 2.75) is 25.4 Å². The molecule has 5 nitrogen and oxygen atoms in total. The molecule has 1 fully saturated rings. The molecule has 1 aliphatic carbocycles. The molecule has 0 aromatic carbocycles. The normalized spacial score (nSPS) is 13.8. The van der Waals surface area contributed by atoms with E-state index in [1.54, 1.807) is 0 Å². The van der Waals surface area contributed by atoms with Crippen LogP contribution in [-0.4, -0.2) is 27.4 Å². The van der Waals surface area contributed by atoms with E-state index in [2.05, 4.69) is 10.3 Å². The van der Waals surface area contributed by atoms with Gasteiger partial charge in [-0.25, -0.2) is 9.78 Å².